The summed E-state index contributed by atoms with van der Waals surface area (Å²) in [5.41, 5.74) is 0.780. The molecule has 2 unspecified atom stereocenters. The zero-order chi connectivity index (χ0) is 13.4. The van der Waals surface area contributed by atoms with Gasteiger partial charge < -0.3 is 5.32 Å². The SMILES string of the molecule is CN(Cc1cc(Br)ccc1F)C1CC2CCC(C1)N2. The third-order valence-corrected chi connectivity index (χ3v) is 4.99. The van der Waals surface area contributed by atoms with E-state index in [1.165, 1.54) is 25.7 Å². The Balaban J connectivity index is 1.67. The van der Waals surface area contributed by atoms with Gasteiger partial charge in [0.15, 0.2) is 0 Å². The molecule has 2 fully saturated rings. The standard InChI is InChI=1S/C15H20BrFN2/c1-19(9-10-6-11(16)2-5-15(10)17)14-7-12-3-4-13(8-14)18-12/h2,5-6,12-14,18H,3-4,7-9H2,1H3. The van der Waals surface area contributed by atoms with E-state index in [0.29, 0.717) is 24.7 Å². The van der Waals surface area contributed by atoms with Gasteiger partial charge in [-0.25, -0.2) is 4.39 Å². The minimum absolute atomic E-state index is 0.105. The fraction of sp³-hybridized carbons (Fsp3) is 0.600. The number of rotatable bonds is 3. The number of nitrogens with zero attached hydrogens (tertiary/aromatic N) is 1. The van der Waals surface area contributed by atoms with E-state index in [0.717, 1.165) is 10.0 Å². The smallest absolute Gasteiger partial charge is 0.127 e. The first-order chi connectivity index (χ1) is 9.11. The normalized spacial score (nSPS) is 30.0. The zero-order valence-corrected chi connectivity index (χ0v) is 12.8. The van der Waals surface area contributed by atoms with Gasteiger partial charge >= 0.3 is 0 Å². The van der Waals surface area contributed by atoms with Crippen LogP contribution in [0.2, 0.25) is 0 Å². The predicted molar refractivity (Wildman–Crippen MR) is 78.5 cm³/mol. The number of hydrogen-bond acceptors (Lipinski definition) is 2. The Morgan fingerprint density at radius 2 is 2.00 bits per heavy atom. The Morgan fingerprint density at radius 1 is 1.32 bits per heavy atom. The van der Waals surface area contributed by atoms with Gasteiger partial charge in [0, 0.05) is 34.7 Å². The molecule has 2 aliphatic heterocycles. The summed E-state index contributed by atoms with van der Waals surface area (Å²) in [5.74, 6) is -0.105. The van der Waals surface area contributed by atoms with Crippen LogP contribution in [0.1, 0.15) is 31.2 Å². The van der Waals surface area contributed by atoms with E-state index in [2.05, 4.69) is 33.2 Å². The topological polar surface area (TPSA) is 15.3 Å². The summed E-state index contributed by atoms with van der Waals surface area (Å²) in [6, 6.07) is 7.12. The van der Waals surface area contributed by atoms with Gasteiger partial charge in [0.25, 0.3) is 0 Å². The first kappa shape index (κ1) is 13.5. The summed E-state index contributed by atoms with van der Waals surface area (Å²) in [4.78, 5) is 2.32. The minimum atomic E-state index is -0.105. The number of piperidine rings is 1. The molecule has 4 heteroatoms. The molecular weight excluding hydrogens is 307 g/mol. The van der Waals surface area contributed by atoms with Crippen LogP contribution in [0.4, 0.5) is 4.39 Å². The second-order valence-electron chi connectivity index (χ2n) is 5.91. The minimum Gasteiger partial charge on any atom is -0.311 e. The molecule has 1 N–H and O–H groups in total. The van der Waals surface area contributed by atoms with E-state index >= 15 is 0 Å². The molecule has 0 amide bonds. The van der Waals surface area contributed by atoms with E-state index in [1.54, 1.807) is 12.1 Å². The molecule has 2 saturated heterocycles. The fourth-order valence-corrected chi connectivity index (χ4v) is 3.86. The molecule has 19 heavy (non-hydrogen) atoms. The lowest BCUT2D eigenvalue weighted by atomic mass is 9.98. The second kappa shape index (κ2) is 5.51. The maximum absolute atomic E-state index is 13.8. The molecule has 1 aromatic carbocycles. The van der Waals surface area contributed by atoms with Crippen molar-refractivity contribution >= 4 is 15.9 Å². The van der Waals surface area contributed by atoms with Crippen LogP contribution in [0.3, 0.4) is 0 Å². The van der Waals surface area contributed by atoms with Crippen LogP contribution in [-0.2, 0) is 6.54 Å². The Labute approximate surface area is 122 Å². The molecule has 0 spiro atoms. The van der Waals surface area contributed by atoms with E-state index in [-0.39, 0.29) is 5.82 Å². The molecule has 2 aliphatic rings. The highest BCUT2D eigenvalue weighted by Crippen LogP contribution is 2.30. The molecular formula is C15H20BrFN2. The second-order valence-corrected chi connectivity index (χ2v) is 6.83. The van der Waals surface area contributed by atoms with E-state index in [1.807, 2.05) is 6.07 Å². The molecule has 104 valence electrons. The number of halogens is 2. The van der Waals surface area contributed by atoms with Crippen LogP contribution in [0.15, 0.2) is 22.7 Å². The first-order valence-corrected chi connectivity index (χ1v) is 7.81. The third kappa shape index (κ3) is 3.01. The molecule has 0 aromatic heterocycles. The van der Waals surface area contributed by atoms with Crippen molar-refractivity contribution < 1.29 is 4.39 Å². The van der Waals surface area contributed by atoms with E-state index in [4.69, 9.17) is 0 Å². The number of benzene rings is 1. The molecule has 2 heterocycles. The summed E-state index contributed by atoms with van der Waals surface area (Å²) >= 11 is 3.42. The molecule has 3 rings (SSSR count). The number of nitrogens with one attached hydrogen (secondary N) is 1. The predicted octanol–water partition coefficient (Wildman–Crippen LogP) is 3.30. The Hall–Kier alpha value is -0.450. The van der Waals surface area contributed by atoms with Crippen molar-refractivity contribution in [3.8, 4) is 0 Å². The quantitative estimate of drug-likeness (QED) is 0.916. The van der Waals surface area contributed by atoms with Gasteiger partial charge in [0.2, 0.25) is 0 Å². The van der Waals surface area contributed by atoms with Crippen molar-refractivity contribution in [2.24, 2.45) is 0 Å². The molecule has 0 saturated carbocycles. The van der Waals surface area contributed by atoms with Gasteiger partial charge in [0.1, 0.15) is 5.82 Å². The average molecular weight is 327 g/mol. The fourth-order valence-electron chi connectivity index (χ4n) is 3.45. The number of fused-ring (bicyclic) bond motifs is 2. The summed E-state index contributed by atoms with van der Waals surface area (Å²) in [6.07, 6.45) is 5.01. The lowest BCUT2D eigenvalue weighted by Crippen LogP contribution is -2.46. The van der Waals surface area contributed by atoms with E-state index < -0.39 is 0 Å². The van der Waals surface area contributed by atoms with Crippen LogP contribution >= 0.6 is 15.9 Å². The van der Waals surface area contributed by atoms with E-state index in [9.17, 15) is 4.39 Å². The van der Waals surface area contributed by atoms with Crippen LogP contribution in [-0.4, -0.2) is 30.1 Å². The third-order valence-electron chi connectivity index (χ3n) is 4.50. The Morgan fingerprint density at radius 3 is 2.68 bits per heavy atom. The van der Waals surface area contributed by atoms with Crippen molar-refractivity contribution in [3.05, 3.63) is 34.1 Å². The highest BCUT2D eigenvalue weighted by atomic mass is 79.9. The molecule has 2 nitrogen and oxygen atoms in total. The largest absolute Gasteiger partial charge is 0.311 e. The highest BCUT2D eigenvalue weighted by Gasteiger charge is 2.35. The lowest BCUT2D eigenvalue weighted by Gasteiger charge is -2.35. The molecule has 0 radical (unpaired) electrons. The maximum atomic E-state index is 13.8. The van der Waals surface area contributed by atoms with Gasteiger partial charge in [-0.3, -0.25) is 4.90 Å². The van der Waals surface area contributed by atoms with Crippen molar-refractivity contribution in [1.29, 1.82) is 0 Å². The van der Waals surface area contributed by atoms with Gasteiger partial charge in [0.05, 0.1) is 0 Å². The summed E-state index contributed by atoms with van der Waals surface area (Å²) in [5, 5.41) is 3.65. The molecule has 2 atom stereocenters. The Kier molecular flexibility index (Phi) is 3.92. The van der Waals surface area contributed by atoms with Crippen molar-refractivity contribution in [1.82, 2.24) is 10.2 Å². The lowest BCUT2D eigenvalue weighted by molar-refractivity contribution is 0.164. The maximum Gasteiger partial charge on any atom is 0.127 e. The van der Waals surface area contributed by atoms with Crippen molar-refractivity contribution in [2.45, 2.75) is 50.4 Å². The molecule has 2 bridgehead atoms. The summed E-state index contributed by atoms with van der Waals surface area (Å²) in [6.45, 7) is 0.690. The van der Waals surface area contributed by atoms with Crippen LogP contribution in [0, 0.1) is 5.82 Å². The van der Waals surface area contributed by atoms with Crippen LogP contribution < -0.4 is 5.32 Å². The van der Waals surface area contributed by atoms with Crippen molar-refractivity contribution in [2.75, 3.05) is 7.05 Å². The number of hydrogen-bond donors (Lipinski definition) is 1. The molecule has 0 aliphatic carbocycles. The first-order valence-electron chi connectivity index (χ1n) is 7.02. The molecule has 1 aromatic rings. The monoisotopic (exact) mass is 326 g/mol. The zero-order valence-electron chi connectivity index (χ0n) is 11.2. The van der Waals surface area contributed by atoms with Gasteiger partial charge in [-0.15, -0.1) is 0 Å². The summed E-state index contributed by atoms with van der Waals surface area (Å²) in [7, 11) is 2.12. The van der Waals surface area contributed by atoms with Crippen LogP contribution in [0.25, 0.3) is 0 Å². The highest BCUT2D eigenvalue weighted by molar-refractivity contribution is 9.10. The Bertz CT molecular complexity index is 453. The average Bonchev–Trinajstić information content (AvgIpc) is 2.72. The van der Waals surface area contributed by atoms with Gasteiger partial charge in [-0.05, 0) is 50.9 Å². The summed E-state index contributed by atoms with van der Waals surface area (Å²) < 4.78 is 14.7. The van der Waals surface area contributed by atoms with Gasteiger partial charge in [-0.1, -0.05) is 15.9 Å². The van der Waals surface area contributed by atoms with Gasteiger partial charge in [-0.2, -0.15) is 0 Å². The van der Waals surface area contributed by atoms with Crippen molar-refractivity contribution in [3.63, 3.8) is 0 Å². The van der Waals surface area contributed by atoms with Crippen LogP contribution in [0.5, 0.6) is 0 Å².